The highest BCUT2D eigenvalue weighted by Crippen LogP contribution is 2.28. The van der Waals surface area contributed by atoms with E-state index in [2.05, 4.69) is 5.32 Å². The molecule has 1 aliphatic heterocycles. The summed E-state index contributed by atoms with van der Waals surface area (Å²) in [6, 6.07) is 2.71. The van der Waals surface area contributed by atoms with E-state index in [0.717, 1.165) is 6.54 Å². The van der Waals surface area contributed by atoms with Crippen LogP contribution >= 0.6 is 0 Å². The summed E-state index contributed by atoms with van der Waals surface area (Å²) in [6.07, 6.45) is 0.0584. The maximum Gasteiger partial charge on any atom is 0.149 e. The van der Waals surface area contributed by atoms with Crippen LogP contribution in [-0.4, -0.2) is 30.8 Å². The lowest BCUT2D eigenvalue weighted by Gasteiger charge is -2.20. The number of nitrogens with zero attached hydrogens (tertiary/aromatic N) is 1. The summed E-state index contributed by atoms with van der Waals surface area (Å²) in [6.45, 7) is 3.92. The predicted molar refractivity (Wildman–Crippen MR) is 66.6 cm³/mol. The Kier molecular flexibility index (Phi) is 4.14. The topological polar surface area (TPSA) is 35.5 Å². The first kappa shape index (κ1) is 13.2. The zero-order chi connectivity index (χ0) is 13.1. The molecule has 0 saturated carbocycles. The zero-order valence-electron chi connectivity index (χ0n) is 10.4. The normalized spacial score (nSPS) is 19.6. The standard InChI is InChI=1S/C13H18F2N2O/c1-2-16-7-9-5-11(14)13(12(15)6-9)17-4-3-10(18)8-17/h5-6,10,16,18H,2-4,7-8H2,1H3. The fourth-order valence-corrected chi connectivity index (χ4v) is 2.24. The van der Waals surface area contributed by atoms with Crippen molar-refractivity contribution in [3.8, 4) is 0 Å². The van der Waals surface area contributed by atoms with Crippen LogP contribution in [0.5, 0.6) is 0 Å². The Hall–Kier alpha value is -1.20. The Balaban J connectivity index is 2.21. The second-order valence-corrected chi connectivity index (χ2v) is 4.58. The van der Waals surface area contributed by atoms with Crippen LogP contribution in [0.15, 0.2) is 12.1 Å². The summed E-state index contributed by atoms with van der Waals surface area (Å²) < 4.78 is 27.9. The van der Waals surface area contributed by atoms with Gasteiger partial charge in [0.05, 0.1) is 6.10 Å². The third-order valence-corrected chi connectivity index (χ3v) is 3.14. The smallest absolute Gasteiger partial charge is 0.149 e. The number of aliphatic hydroxyl groups is 1. The van der Waals surface area contributed by atoms with Crippen molar-refractivity contribution in [3.63, 3.8) is 0 Å². The van der Waals surface area contributed by atoms with Crippen LogP contribution in [0.1, 0.15) is 18.9 Å². The van der Waals surface area contributed by atoms with E-state index in [1.54, 1.807) is 4.90 Å². The first-order chi connectivity index (χ1) is 8.61. The highest BCUT2D eigenvalue weighted by Gasteiger charge is 2.25. The van der Waals surface area contributed by atoms with Gasteiger partial charge in [-0.2, -0.15) is 0 Å². The molecule has 1 heterocycles. The predicted octanol–water partition coefficient (Wildman–Crippen LogP) is 1.65. The van der Waals surface area contributed by atoms with Crippen molar-refractivity contribution < 1.29 is 13.9 Å². The van der Waals surface area contributed by atoms with Crippen LogP contribution in [0, 0.1) is 11.6 Å². The molecule has 18 heavy (non-hydrogen) atoms. The van der Waals surface area contributed by atoms with Gasteiger partial charge in [0, 0.05) is 19.6 Å². The van der Waals surface area contributed by atoms with Crippen LogP contribution in [0.3, 0.4) is 0 Å². The lowest BCUT2D eigenvalue weighted by molar-refractivity contribution is 0.198. The van der Waals surface area contributed by atoms with E-state index in [1.807, 2.05) is 6.92 Å². The molecule has 5 heteroatoms. The third kappa shape index (κ3) is 2.79. The minimum Gasteiger partial charge on any atom is -0.391 e. The number of β-amino-alcohol motifs (C(OH)–C–C–N with tert-alkyl or cyclic N) is 1. The molecule has 3 nitrogen and oxygen atoms in total. The zero-order valence-corrected chi connectivity index (χ0v) is 10.4. The van der Waals surface area contributed by atoms with Crippen molar-refractivity contribution in [2.75, 3.05) is 24.5 Å². The molecule has 1 saturated heterocycles. The van der Waals surface area contributed by atoms with E-state index in [1.165, 1.54) is 12.1 Å². The highest BCUT2D eigenvalue weighted by atomic mass is 19.1. The molecule has 100 valence electrons. The van der Waals surface area contributed by atoms with Gasteiger partial charge in [-0.1, -0.05) is 6.92 Å². The summed E-state index contributed by atoms with van der Waals surface area (Å²) in [5.74, 6) is -1.12. The molecule has 1 aliphatic rings. The molecule has 0 aromatic heterocycles. The number of nitrogens with one attached hydrogen (secondary N) is 1. The minimum absolute atomic E-state index is 0.0215. The van der Waals surface area contributed by atoms with Gasteiger partial charge in [0.2, 0.25) is 0 Å². The van der Waals surface area contributed by atoms with E-state index in [4.69, 9.17) is 0 Å². The maximum absolute atomic E-state index is 13.9. The summed E-state index contributed by atoms with van der Waals surface area (Å²) in [7, 11) is 0. The van der Waals surface area contributed by atoms with Crippen molar-refractivity contribution in [3.05, 3.63) is 29.3 Å². The molecule has 2 N–H and O–H groups in total. The molecule has 0 radical (unpaired) electrons. The summed E-state index contributed by atoms with van der Waals surface area (Å²) in [5.41, 5.74) is 0.571. The molecule has 1 aromatic rings. The molecular weight excluding hydrogens is 238 g/mol. The van der Waals surface area contributed by atoms with Gasteiger partial charge < -0.3 is 15.3 Å². The van der Waals surface area contributed by atoms with Crippen LogP contribution in [0.25, 0.3) is 0 Å². The maximum atomic E-state index is 13.9. The fraction of sp³-hybridized carbons (Fsp3) is 0.538. The van der Waals surface area contributed by atoms with Crippen molar-refractivity contribution >= 4 is 5.69 Å². The van der Waals surface area contributed by atoms with Gasteiger partial charge in [0.15, 0.2) is 0 Å². The number of hydrogen-bond acceptors (Lipinski definition) is 3. The van der Waals surface area contributed by atoms with Crippen LogP contribution < -0.4 is 10.2 Å². The molecule has 1 aromatic carbocycles. The number of aliphatic hydroxyl groups excluding tert-OH is 1. The van der Waals surface area contributed by atoms with Gasteiger partial charge in [-0.25, -0.2) is 8.78 Å². The molecular formula is C13H18F2N2O. The lowest BCUT2D eigenvalue weighted by Crippen LogP contribution is -2.24. The quantitative estimate of drug-likeness (QED) is 0.859. The third-order valence-electron chi connectivity index (χ3n) is 3.14. The second-order valence-electron chi connectivity index (χ2n) is 4.58. The minimum atomic E-state index is -0.558. The number of anilines is 1. The van der Waals surface area contributed by atoms with E-state index in [0.29, 0.717) is 31.6 Å². The van der Waals surface area contributed by atoms with Crippen LogP contribution in [0.4, 0.5) is 14.5 Å². The largest absolute Gasteiger partial charge is 0.391 e. The van der Waals surface area contributed by atoms with Gasteiger partial charge >= 0.3 is 0 Å². The van der Waals surface area contributed by atoms with Gasteiger partial charge in [0.1, 0.15) is 17.3 Å². The molecule has 0 amide bonds. The van der Waals surface area contributed by atoms with Gasteiger partial charge in [-0.05, 0) is 30.7 Å². The number of hydrogen-bond donors (Lipinski definition) is 2. The first-order valence-electron chi connectivity index (χ1n) is 6.23. The van der Waals surface area contributed by atoms with Crippen molar-refractivity contribution in [2.24, 2.45) is 0 Å². The Morgan fingerprint density at radius 3 is 2.56 bits per heavy atom. The summed E-state index contributed by atoms with van der Waals surface area (Å²) in [5, 5.41) is 12.4. The number of halogens is 2. The summed E-state index contributed by atoms with van der Waals surface area (Å²) >= 11 is 0. The molecule has 1 atom stereocenters. The van der Waals surface area contributed by atoms with Gasteiger partial charge in [0.25, 0.3) is 0 Å². The number of rotatable bonds is 4. The van der Waals surface area contributed by atoms with E-state index in [-0.39, 0.29) is 5.69 Å². The lowest BCUT2D eigenvalue weighted by atomic mass is 10.1. The Labute approximate surface area is 105 Å². The van der Waals surface area contributed by atoms with Crippen molar-refractivity contribution in [1.82, 2.24) is 5.32 Å². The first-order valence-corrected chi connectivity index (χ1v) is 6.23. The Bertz CT molecular complexity index is 402. The average Bonchev–Trinajstić information content (AvgIpc) is 2.72. The fourth-order valence-electron chi connectivity index (χ4n) is 2.24. The second kappa shape index (κ2) is 5.63. The van der Waals surface area contributed by atoms with Crippen LogP contribution in [-0.2, 0) is 6.54 Å². The Morgan fingerprint density at radius 1 is 1.39 bits per heavy atom. The number of benzene rings is 1. The molecule has 1 unspecified atom stereocenters. The molecule has 0 aliphatic carbocycles. The molecule has 0 bridgehead atoms. The molecule has 2 rings (SSSR count). The van der Waals surface area contributed by atoms with Crippen LogP contribution in [0.2, 0.25) is 0 Å². The highest BCUT2D eigenvalue weighted by molar-refractivity contribution is 5.51. The van der Waals surface area contributed by atoms with Gasteiger partial charge in [-0.15, -0.1) is 0 Å². The van der Waals surface area contributed by atoms with E-state index in [9.17, 15) is 13.9 Å². The molecule has 1 fully saturated rings. The van der Waals surface area contributed by atoms with E-state index >= 15 is 0 Å². The van der Waals surface area contributed by atoms with Gasteiger partial charge in [-0.3, -0.25) is 0 Å². The van der Waals surface area contributed by atoms with E-state index < -0.39 is 17.7 Å². The Morgan fingerprint density at radius 2 is 2.06 bits per heavy atom. The van der Waals surface area contributed by atoms with Crippen molar-refractivity contribution in [2.45, 2.75) is 26.0 Å². The monoisotopic (exact) mass is 256 g/mol. The van der Waals surface area contributed by atoms with Crippen molar-refractivity contribution in [1.29, 1.82) is 0 Å². The summed E-state index contributed by atoms with van der Waals surface area (Å²) in [4.78, 5) is 1.56. The average molecular weight is 256 g/mol. The molecule has 0 spiro atoms. The SMILES string of the molecule is CCNCc1cc(F)c(N2CCC(O)C2)c(F)c1.